The summed E-state index contributed by atoms with van der Waals surface area (Å²) >= 11 is 0. The quantitative estimate of drug-likeness (QED) is 0.661. The summed E-state index contributed by atoms with van der Waals surface area (Å²) < 4.78 is 0. The van der Waals surface area contributed by atoms with Gasteiger partial charge in [0.2, 0.25) is 0 Å². The van der Waals surface area contributed by atoms with Crippen molar-refractivity contribution in [1.82, 2.24) is 4.90 Å². The number of aryl methyl sites for hydroxylation is 1. The summed E-state index contributed by atoms with van der Waals surface area (Å²) in [6.45, 7) is 8.55. The maximum absolute atomic E-state index is 5.98. The van der Waals surface area contributed by atoms with Crippen LogP contribution in [0.15, 0.2) is 29.3 Å². The van der Waals surface area contributed by atoms with Gasteiger partial charge in [0.1, 0.15) is 0 Å². The third kappa shape index (κ3) is 4.74. The third-order valence-corrected chi connectivity index (χ3v) is 4.27. The van der Waals surface area contributed by atoms with Crippen molar-refractivity contribution in [2.24, 2.45) is 10.7 Å². The number of benzene rings is 1. The van der Waals surface area contributed by atoms with Crippen molar-refractivity contribution >= 4 is 11.6 Å². The van der Waals surface area contributed by atoms with E-state index in [9.17, 15) is 0 Å². The minimum absolute atomic E-state index is 0.443. The van der Waals surface area contributed by atoms with Crippen LogP contribution in [0.1, 0.15) is 38.7 Å². The second-order valence-electron chi connectivity index (χ2n) is 6.15. The molecule has 2 atom stereocenters. The van der Waals surface area contributed by atoms with Crippen LogP contribution in [0.25, 0.3) is 0 Å². The number of nitrogens with one attached hydrogen (secondary N) is 1. The van der Waals surface area contributed by atoms with Crippen LogP contribution < -0.4 is 11.1 Å². The first-order chi connectivity index (χ1) is 10.1. The van der Waals surface area contributed by atoms with Crippen molar-refractivity contribution in [2.45, 2.75) is 52.1 Å². The molecule has 3 N–H and O–H groups in total. The Morgan fingerprint density at radius 1 is 1.38 bits per heavy atom. The third-order valence-electron chi connectivity index (χ3n) is 4.27. The van der Waals surface area contributed by atoms with Crippen LogP contribution in [-0.2, 0) is 0 Å². The monoisotopic (exact) mass is 288 g/mol. The summed E-state index contributed by atoms with van der Waals surface area (Å²) in [7, 11) is 0. The van der Waals surface area contributed by atoms with Crippen LogP contribution in [-0.4, -0.2) is 36.0 Å². The number of likely N-dealkylation sites (tertiary alicyclic amines) is 1. The molecule has 1 aliphatic heterocycles. The molecule has 0 saturated carbocycles. The van der Waals surface area contributed by atoms with Gasteiger partial charge in [-0.05, 0) is 52.3 Å². The lowest BCUT2D eigenvalue weighted by Crippen LogP contribution is -2.45. The van der Waals surface area contributed by atoms with Crippen LogP contribution in [0.5, 0.6) is 0 Å². The van der Waals surface area contributed by atoms with Crippen molar-refractivity contribution in [1.29, 1.82) is 0 Å². The van der Waals surface area contributed by atoms with Gasteiger partial charge >= 0.3 is 0 Å². The smallest absolute Gasteiger partial charge is 0.193 e. The summed E-state index contributed by atoms with van der Waals surface area (Å²) in [6.07, 6.45) is 3.95. The van der Waals surface area contributed by atoms with Gasteiger partial charge in [-0.3, -0.25) is 9.89 Å². The van der Waals surface area contributed by atoms with E-state index in [1.165, 1.54) is 31.4 Å². The maximum Gasteiger partial charge on any atom is 0.193 e. The van der Waals surface area contributed by atoms with Crippen LogP contribution in [0.3, 0.4) is 0 Å². The Labute approximate surface area is 128 Å². The first kappa shape index (κ1) is 15.8. The highest BCUT2D eigenvalue weighted by Gasteiger charge is 2.22. The molecule has 1 fully saturated rings. The Balaban J connectivity index is 1.85. The largest absolute Gasteiger partial charge is 0.370 e. The normalized spacial score (nSPS) is 22.0. The second kappa shape index (κ2) is 7.46. The Kier molecular flexibility index (Phi) is 5.62. The Hall–Kier alpha value is -1.55. The molecule has 1 heterocycles. The first-order valence-electron chi connectivity index (χ1n) is 7.95. The van der Waals surface area contributed by atoms with Gasteiger partial charge in [-0.2, -0.15) is 0 Å². The van der Waals surface area contributed by atoms with E-state index >= 15 is 0 Å². The van der Waals surface area contributed by atoms with E-state index in [1.807, 2.05) is 12.1 Å². The first-order valence-corrected chi connectivity index (χ1v) is 7.95. The van der Waals surface area contributed by atoms with Gasteiger partial charge in [-0.15, -0.1) is 0 Å². The molecule has 0 bridgehead atoms. The number of nitrogens with two attached hydrogens (primary N) is 1. The summed E-state index contributed by atoms with van der Waals surface area (Å²) in [4.78, 5) is 7.04. The fraction of sp³-hybridized carbons (Fsp3) is 0.588. The number of hydrogen-bond donors (Lipinski definition) is 2. The van der Waals surface area contributed by atoms with Crippen LogP contribution in [0, 0.1) is 6.92 Å². The van der Waals surface area contributed by atoms with Gasteiger partial charge in [0.05, 0.1) is 6.54 Å². The minimum Gasteiger partial charge on any atom is -0.370 e. The van der Waals surface area contributed by atoms with E-state index in [2.05, 4.69) is 48.1 Å². The molecule has 1 aromatic carbocycles. The van der Waals surface area contributed by atoms with Gasteiger partial charge in [0.15, 0.2) is 5.96 Å². The average Bonchev–Trinajstić information content (AvgIpc) is 2.48. The molecule has 116 valence electrons. The molecule has 0 aromatic heterocycles. The average molecular weight is 288 g/mol. The summed E-state index contributed by atoms with van der Waals surface area (Å²) in [6, 6.07) is 9.28. The molecule has 4 nitrogen and oxygen atoms in total. The molecular formula is C17H28N4. The molecule has 1 aliphatic rings. The molecule has 1 saturated heterocycles. The van der Waals surface area contributed by atoms with Crippen LogP contribution in [0.2, 0.25) is 0 Å². The number of aliphatic imine (C=N–C) groups is 1. The highest BCUT2D eigenvalue weighted by Crippen LogP contribution is 2.19. The predicted octanol–water partition coefficient (Wildman–Crippen LogP) is 2.98. The maximum atomic E-state index is 5.98. The molecule has 4 heteroatoms. The Bertz CT molecular complexity index is 466. The van der Waals surface area contributed by atoms with E-state index in [-0.39, 0.29) is 0 Å². The Morgan fingerprint density at radius 3 is 2.76 bits per heavy atom. The molecule has 2 unspecified atom stereocenters. The molecule has 1 aromatic rings. The molecule has 0 aliphatic carbocycles. The van der Waals surface area contributed by atoms with E-state index in [1.54, 1.807) is 0 Å². The zero-order chi connectivity index (χ0) is 15.2. The molecular weight excluding hydrogens is 260 g/mol. The van der Waals surface area contributed by atoms with E-state index < -0.39 is 0 Å². The number of anilines is 1. The predicted molar refractivity (Wildman–Crippen MR) is 90.8 cm³/mol. The van der Waals surface area contributed by atoms with Gasteiger partial charge in [-0.1, -0.05) is 24.1 Å². The lowest BCUT2D eigenvalue weighted by molar-refractivity contribution is 0.118. The Morgan fingerprint density at radius 2 is 2.10 bits per heavy atom. The van der Waals surface area contributed by atoms with Crippen LogP contribution in [0.4, 0.5) is 5.69 Å². The number of rotatable bonds is 4. The van der Waals surface area contributed by atoms with Gasteiger partial charge in [0.25, 0.3) is 0 Å². The molecule has 2 rings (SSSR count). The SMILES string of the molecule is Cc1ccc(NC(N)=NCC(C)N2CCCCC2C)cc1. The van der Waals surface area contributed by atoms with Crippen molar-refractivity contribution < 1.29 is 0 Å². The highest BCUT2D eigenvalue weighted by molar-refractivity contribution is 5.92. The summed E-state index contributed by atoms with van der Waals surface area (Å²) in [5, 5.41) is 3.15. The van der Waals surface area contributed by atoms with Crippen molar-refractivity contribution in [2.75, 3.05) is 18.4 Å². The van der Waals surface area contributed by atoms with E-state index in [0.717, 1.165) is 12.2 Å². The van der Waals surface area contributed by atoms with Crippen LogP contribution >= 0.6 is 0 Å². The topological polar surface area (TPSA) is 53.6 Å². The second-order valence-corrected chi connectivity index (χ2v) is 6.15. The summed E-state index contributed by atoms with van der Waals surface area (Å²) in [5.41, 5.74) is 8.20. The fourth-order valence-electron chi connectivity index (χ4n) is 2.93. The molecule has 0 radical (unpaired) electrons. The lowest BCUT2D eigenvalue weighted by atomic mass is 10.0. The van der Waals surface area contributed by atoms with Gasteiger partial charge in [0, 0.05) is 17.8 Å². The number of guanidine groups is 1. The number of piperidine rings is 1. The minimum atomic E-state index is 0.443. The fourth-order valence-corrected chi connectivity index (χ4v) is 2.93. The zero-order valence-electron chi connectivity index (χ0n) is 13.5. The van der Waals surface area contributed by atoms with Crippen molar-refractivity contribution in [3.05, 3.63) is 29.8 Å². The molecule has 0 spiro atoms. The number of hydrogen-bond acceptors (Lipinski definition) is 2. The van der Waals surface area contributed by atoms with E-state index in [0.29, 0.717) is 18.0 Å². The molecule has 21 heavy (non-hydrogen) atoms. The van der Waals surface area contributed by atoms with Gasteiger partial charge < -0.3 is 11.1 Å². The van der Waals surface area contributed by atoms with Crippen molar-refractivity contribution in [3.8, 4) is 0 Å². The van der Waals surface area contributed by atoms with Gasteiger partial charge in [-0.25, -0.2) is 0 Å². The molecule has 0 amide bonds. The summed E-state index contributed by atoms with van der Waals surface area (Å²) in [5.74, 6) is 0.496. The zero-order valence-corrected chi connectivity index (χ0v) is 13.5. The van der Waals surface area contributed by atoms with E-state index in [4.69, 9.17) is 5.73 Å². The van der Waals surface area contributed by atoms with Crippen molar-refractivity contribution in [3.63, 3.8) is 0 Å². The standard InChI is InChI=1S/C17H28N4/c1-13-7-9-16(10-8-13)20-17(18)19-12-15(3)21-11-5-4-6-14(21)2/h7-10,14-15H,4-6,11-12H2,1-3H3,(H3,18,19,20). The highest BCUT2D eigenvalue weighted by atomic mass is 15.2. The lowest BCUT2D eigenvalue weighted by Gasteiger charge is -2.37. The number of nitrogens with zero attached hydrogens (tertiary/aromatic N) is 2.